The molecule has 0 saturated carbocycles. The van der Waals surface area contributed by atoms with Crippen LogP contribution in [0.5, 0.6) is 17.2 Å². The zero-order valence-electron chi connectivity index (χ0n) is 14.0. The summed E-state index contributed by atoms with van der Waals surface area (Å²) in [5.41, 5.74) is 2.25. The number of allylic oxidation sites excluding steroid dienone is 1. The molecule has 0 amide bonds. The van der Waals surface area contributed by atoms with E-state index in [0.29, 0.717) is 5.57 Å². The number of carbonyl (C=O) groups is 1. The molecular weight excluding hydrogens is 304 g/mol. The van der Waals surface area contributed by atoms with E-state index in [9.17, 15) is 9.90 Å². The Morgan fingerprint density at radius 3 is 2.21 bits per heavy atom. The van der Waals surface area contributed by atoms with Gasteiger partial charge in [-0.15, -0.1) is 0 Å². The van der Waals surface area contributed by atoms with Gasteiger partial charge in [0.2, 0.25) is 0 Å². The first-order valence-corrected chi connectivity index (χ1v) is 7.39. The van der Waals surface area contributed by atoms with Gasteiger partial charge < -0.3 is 14.6 Å². The molecule has 2 aromatic carbocycles. The SMILES string of the molecule is C=C(C)C(=O)c1cc(/C=C/c2ccc(OC)cc2)cc(OC)c1O. The van der Waals surface area contributed by atoms with E-state index in [2.05, 4.69) is 6.58 Å². The van der Waals surface area contributed by atoms with Crippen LogP contribution in [0.25, 0.3) is 12.2 Å². The molecule has 0 atom stereocenters. The lowest BCUT2D eigenvalue weighted by Crippen LogP contribution is -2.02. The normalized spacial score (nSPS) is 10.6. The average Bonchev–Trinajstić information content (AvgIpc) is 2.60. The molecule has 0 heterocycles. The smallest absolute Gasteiger partial charge is 0.192 e. The number of hydrogen-bond donors (Lipinski definition) is 1. The first-order chi connectivity index (χ1) is 11.5. The highest BCUT2D eigenvalue weighted by molar-refractivity contribution is 6.10. The van der Waals surface area contributed by atoms with E-state index in [1.165, 1.54) is 7.11 Å². The van der Waals surface area contributed by atoms with Gasteiger partial charge in [0.25, 0.3) is 0 Å². The molecule has 2 rings (SSSR count). The lowest BCUT2D eigenvalue weighted by molar-refractivity contribution is 0.103. The van der Waals surface area contributed by atoms with Gasteiger partial charge in [0.1, 0.15) is 5.75 Å². The lowest BCUT2D eigenvalue weighted by Gasteiger charge is -2.10. The van der Waals surface area contributed by atoms with Crippen LogP contribution in [-0.2, 0) is 0 Å². The third-order valence-corrected chi connectivity index (χ3v) is 3.53. The van der Waals surface area contributed by atoms with Crippen molar-refractivity contribution in [3.8, 4) is 17.2 Å². The molecule has 4 nitrogen and oxygen atoms in total. The molecule has 2 aromatic rings. The number of phenolic OH excluding ortho intramolecular Hbond substituents is 1. The van der Waals surface area contributed by atoms with Crippen molar-refractivity contribution in [2.24, 2.45) is 0 Å². The van der Waals surface area contributed by atoms with Crippen molar-refractivity contribution >= 4 is 17.9 Å². The van der Waals surface area contributed by atoms with Crippen LogP contribution in [0.3, 0.4) is 0 Å². The Labute approximate surface area is 141 Å². The number of carbonyl (C=O) groups excluding carboxylic acids is 1. The molecule has 0 aromatic heterocycles. The van der Waals surface area contributed by atoms with Crippen molar-refractivity contribution < 1.29 is 19.4 Å². The van der Waals surface area contributed by atoms with E-state index in [1.54, 1.807) is 26.2 Å². The van der Waals surface area contributed by atoms with Crippen LogP contribution in [0.1, 0.15) is 28.4 Å². The third kappa shape index (κ3) is 3.84. The van der Waals surface area contributed by atoms with E-state index in [1.807, 2.05) is 36.4 Å². The monoisotopic (exact) mass is 324 g/mol. The summed E-state index contributed by atoms with van der Waals surface area (Å²) in [6.07, 6.45) is 3.75. The largest absolute Gasteiger partial charge is 0.504 e. The second-order valence-electron chi connectivity index (χ2n) is 5.34. The number of Topliss-reactive ketones (excluding diaryl/α,β-unsaturated/α-hetero) is 1. The molecule has 124 valence electrons. The molecular formula is C20H20O4. The fourth-order valence-electron chi connectivity index (χ4n) is 2.19. The van der Waals surface area contributed by atoms with Crippen molar-refractivity contribution in [1.29, 1.82) is 0 Å². The number of aromatic hydroxyl groups is 1. The summed E-state index contributed by atoms with van der Waals surface area (Å²) < 4.78 is 10.3. The average molecular weight is 324 g/mol. The minimum atomic E-state index is -0.314. The third-order valence-electron chi connectivity index (χ3n) is 3.53. The Bertz CT molecular complexity index is 786. The van der Waals surface area contributed by atoms with Crippen molar-refractivity contribution in [3.63, 3.8) is 0 Å². The summed E-state index contributed by atoms with van der Waals surface area (Å²) in [4.78, 5) is 12.2. The fourth-order valence-corrected chi connectivity index (χ4v) is 2.19. The molecule has 0 aliphatic carbocycles. The molecule has 0 spiro atoms. The molecule has 1 N–H and O–H groups in total. The summed E-state index contributed by atoms with van der Waals surface area (Å²) in [5.74, 6) is 0.543. The number of ether oxygens (including phenoxy) is 2. The van der Waals surface area contributed by atoms with Crippen molar-refractivity contribution in [2.75, 3.05) is 14.2 Å². The maximum Gasteiger partial charge on any atom is 0.192 e. The first-order valence-electron chi connectivity index (χ1n) is 7.39. The van der Waals surface area contributed by atoms with E-state index in [0.717, 1.165) is 16.9 Å². The van der Waals surface area contributed by atoms with Gasteiger partial charge in [-0.25, -0.2) is 0 Å². The van der Waals surface area contributed by atoms with Crippen molar-refractivity contribution in [3.05, 3.63) is 65.2 Å². The predicted octanol–water partition coefficient (Wildman–Crippen LogP) is 4.34. The van der Waals surface area contributed by atoms with Crippen molar-refractivity contribution in [1.82, 2.24) is 0 Å². The Morgan fingerprint density at radius 2 is 1.67 bits per heavy atom. The van der Waals surface area contributed by atoms with E-state index < -0.39 is 0 Å². The van der Waals surface area contributed by atoms with Gasteiger partial charge >= 0.3 is 0 Å². The number of methoxy groups -OCH3 is 2. The van der Waals surface area contributed by atoms with Gasteiger partial charge in [-0.3, -0.25) is 4.79 Å². The topological polar surface area (TPSA) is 55.8 Å². The summed E-state index contributed by atoms with van der Waals surface area (Å²) in [7, 11) is 3.06. The highest BCUT2D eigenvalue weighted by Gasteiger charge is 2.16. The molecule has 0 aliphatic heterocycles. The number of ketones is 1. The molecule has 0 aliphatic rings. The quantitative estimate of drug-likeness (QED) is 0.488. The van der Waals surface area contributed by atoms with Crippen LogP contribution in [0.15, 0.2) is 48.6 Å². The van der Waals surface area contributed by atoms with Crippen LogP contribution < -0.4 is 9.47 Å². The summed E-state index contributed by atoms with van der Waals surface area (Å²) >= 11 is 0. The predicted molar refractivity (Wildman–Crippen MR) is 95.7 cm³/mol. The molecule has 0 bridgehead atoms. The summed E-state index contributed by atoms with van der Waals surface area (Å²) in [6, 6.07) is 10.9. The number of hydrogen-bond acceptors (Lipinski definition) is 4. The van der Waals surface area contributed by atoms with E-state index >= 15 is 0 Å². The number of benzene rings is 2. The van der Waals surface area contributed by atoms with Crippen LogP contribution in [0, 0.1) is 0 Å². The zero-order valence-corrected chi connectivity index (χ0v) is 14.0. The minimum Gasteiger partial charge on any atom is -0.504 e. The standard InChI is InChI=1S/C20H20O4/c1-13(2)19(21)17-11-15(12-18(24-4)20(17)22)6-5-14-7-9-16(23-3)10-8-14/h5-12,22H,1H2,2-4H3/b6-5+. The fraction of sp³-hybridized carbons (Fsp3) is 0.150. The lowest BCUT2D eigenvalue weighted by atomic mass is 10.0. The highest BCUT2D eigenvalue weighted by atomic mass is 16.5. The van der Waals surface area contributed by atoms with Gasteiger partial charge in [-0.05, 0) is 47.9 Å². The molecule has 0 radical (unpaired) electrons. The van der Waals surface area contributed by atoms with Gasteiger partial charge in [0, 0.05) is 0 Å². The minimum absolute atomic E-state index is 0.174. The van der Waals surface area contributed by atoms with Gasteiger partial charge in [-0.1, -0.05) is 30.9 Å². The molecule has 24 heavy (non-hydrogen) atoms. The van der Waals surface area contributed by atoms with E-state index in [-0.39, 0.29) is 22.8 Å². The Hall–Kier alpha value is -3.01. The van der Waals surface area contributed by atoms with Crippen LogP contribution in [0.4, 0.5) is 0 Å². The Balaban J connectivity index is 2.38. The summed E-state index contributed by atoms with van der Waals surface area (Å²) in [5, 5.41) is 10.2. The zero-order chi connectivity index (χ0) is 17.7. The van der Waals surface area contributed by atoms with Gasteiger partial charge in [0.05, 0.1) is 19.8 Å². The van der Waals surface area contributed by atoms with Crippen LogP contribution in [0.2, 0.25) is 0 Å². The maximum absolute atomic E-state index is 12.2. The first kappa shape index (κ1) is 17.3. The van der Waals surface area contributed by atoms with Gasteiger partial charge in [-0.2, -0.15) is 0 Å². The Kier molecular flexibility index (Phi) is 5.42. The molecule has 0 saturated heterocycles. The second-order valence-corrected chi connectivity index (χ2v) is 5.34. The highest BCUT2D eigenvalue weighted by Crippen LogP contribution is 2.33. The molecule has 0 unspecified atom stereocenters. The second kappa shape index (κ2) is 7.51. The molecule has 0 fully saturated rings. The number of phenols is 1. The Morgan fingerprint density at radius 1 is 1.04 bits per heavy atom. The molecule has 4 heteroatoms. The van der Waals surface area contributed by atoms with Gasteiger partial charge in [0.15, 0.2) is 17.3 Å². The number of rotatable bonds is 6. The summed E-state index contributed by atoms with van der Waals surface area (Å²) in [6.45, 7) is 5.24. The van der Waals surface area contributed by atoms with Crippen LogP contribution in [-0.4, -0.2) is 25.1 Å². The van der Waals surface area contributed by atoms with E-state index in [4.69, 9.17) is 9.47 Å². The van der Waals surface area contributed by atoms with Crippen molar-refractivity contribution in [2.45, 2.75) is 6.92 Å². The van der Waals surface area contributed by atoms with Crippen LogP contribution >= 0.6 is 0 Å². The maximum atomic E-state index is 12.2.